The monoisotopic (exact) mass is 284 g/mol. The first-order chi connectivity index (χ1) is 10.2. The molecule has 5 nitrogen and oxygen atoms in total. The van der Waals surface area contributed by atoms with E-state index in [2.05, 4.69) is 17.4 Å². The highest BCUT2D eigenvalue weighted by Crippen LogP contribution is 2.10. The molecule has 0 unspecified atom stereocenters. The van der Waals surface area contributed by atoms with Crippen molar-refractivity contribution in [2.24, 2.45) is 0 Å². The van der Waals surface area contributed by atoms with Crippen molar-refractivity contribution in [1.82, 2.24) is 19.9 Å². The molecule has 3 rings (SSSR count). The van der Waals surface area contributed by atoms with Crippen LogP contribution in [0, 0.1) is 0 Å². The maximum absolute atomic E-state index is 12.2. The number of nitrogens with zero attached hydrogens (tertiary/aromatic N) is 3. The van der Waals surface area contributed by atoms with Gasteiger partial charge in [-0.3, -0.25) is 10.2 Å². The molecular formula is C16H20N4O. The largest absolute Gasteiger partial charge is 0.324 e. The number of hydrogen-bond donors (Lipinski definition) is 1. The molecule has 21 heavy (non-hydrogen) atoms. The standard InChI is InChI=1S/C16H20N4O/c1-18-10-12-20(13-11-18)17-16(21)14-4-6-15(7-5-14)19-8-2-3-9-19/h2-9H,10-13H2,1H3,(H,17,21). The Hall–Kier alpha value is -2.11. The van der Waals surface area contributed by atoms with Gasteiger partial charge in [0.15, 0.2) is 0 Å². The van der Waals surface area contributed by atoms with Crippen LogP contribution in [0.4, 0.5) is 0 Å². The summed E-state index contributed by atoms with van der Waals surface area (Å²) in [5, 5.41) is 1.99. The molecule has 1 amide bonds. The quantitative estimate of drug-likeness (QED) is 0.925. The second kappa shape index (κ2) is 6.11. The average molecular weight is 284 g/mol. The molecule has 1 aliphatic rings. The third-order valence-electron chi connectivity index (χ3n) is 3.80. The van der Waals surface area contributed by atoms with Crippen molar-refractivity contribution in [3.63, 3.8) is 0 Å². The van der Waals surface area contributed by atoms with Crippen LogP contribution in [0.1, 0.15) is 10.4 Å². The van der Waals surface area contributed by atoms with Gasteiger partial charge in [0, 0.05) is 49.8 Å². The van der Waals surface area contributed by atoms with Gasteiger partial charge in [-0.15, -0.1) is 0 Å². The van der Waals surface area contributed by atoms with Gasteiger partial charge in [0.05, 0.1) is 0 Å². The van der Waals surface area contributed by atoms with E-state index in [1.54, 1.807) is 0 Å². The molecule has 1 N–H and O–H groups in total. The fraction of sp³-hybridized carbons (Fsp3) is 0.312. The first-order valence-electron chi connectivity index (χ1n) is 7.20. The number of piperazine rings is 1. The Labute approximate surface area is 124 Å². The van der Waals surface area contributed by atoms with E-state index in [1.807, 2.05) is 58.4 Å². The molecule has 1 saturated heterocycles. The summed E-state index contributed by atoms with van der Waals surface area (Å²) in [5.74, 6) is -0.0430. The van der Waals surface area contributed by atoms with E-state index in [0.29, 0.717) is 5.56 Å². The summed E-state index contributed by atoms with van der Waals surface area (Å²) < 4.78 is 2.02. The molecule has 0 spiro atoms. The molecule has 2 aromatic rings. The van der Waals surface area contributed by atoms with Gasteiger partial charge in [-0.1, -0.05) is 0 Å². The van der Waals surface area contributed by atoms with E-state index in [9.17, 15) is 4.79 Å². The summed E-state index contributed by atoms with van der Waals surface area (Å²) in [6.45, 7) is 3.69. The predicted octanol–water partition coefficient (Wildman–Crippen LogP) is 1.37. The number of carbonyl (C=O) groups excluding carboxylic acids is 1. The van der Waals surface area contributed by atoms with E-state index >= 15 is 0 Å². The van der Waals surface area contributed by atoms with Crippen LogP contribution in [0.5, 0.6) is 0 Å². The Morgan fingerprint density at radius 2 is 1.62 bits per heavy atom. The van der Waals surface area contributed by atoms with E-state index in [-0.39, 0.29) is 5.91 Å². The zero-order chi connectivity index (χ0) is 14.7. The molecule has 5 heteroatoms. The first kappa shape index (κ1) is 13.9. The molecule has 1 aliphatic heterocycles. The SMILES string of the molecule is CN1CCN(NC(=O)c2ccc(-n3cccc3)cc2)CC1. The number of carbonyl (C=O) groups is 1. The van der Waals surface area contributed by atoms with Crippen molar-refractivity contribution < 1.29 is 4.79 Å². The minimum atomic E-state index is -0.0430. The molecule has 110 valence electrons. The van der Waals surface area contributed by atoms with Crippen LogP contribution in [0.15, 0.2) is 48.8 Å². The summed E-state index contributed by atoms with van der Waals surface area (Å²) in [4.78, 5) is 14.5. The molecule has 0 atom stereocenters. The normalized spacial score (nSPS) is 16.8. The second-order valence-electron chi connectivity index (χ2n) is 5.37. The number of amides is 1. The van der Waals surface area contributed by atoms with Gasteiger partial charge in [-0.2, -0.15) is 0 Å². The topological polar surface area (TPSA) is 40.5 Å². The van der Waals surface area contributed by atoms with E-state index in [1.165, 1.54) is 0 Å². The number of hydrazine groups is 1. The Balaban J connectivity index is 1.62. The highest BCUT2D eigenvalue weighted by Gasteiger charge is 2.16. The van der Waals surface area contributed by atoms with Gasteiger partial charge in [-0.25, -0.2) is 5.01 Å². The minimum absolute atomic E-state index is 0.0430. The lowest BCUT2D eigenvalue weighted by molar-refractivity contribution is 0.0662. The highest BCUT2D eigenvalue weighted by atomic mass is 16.2. The van der Waals surface area contributed by atoms with Gasteiger partial charge in [0.2, 0.25) is 0 Å². The van der Waals surface area contributed by atoms with Gasteiger partial charge in [0.25, 0.3) is 5.91 Å². The number of nitrogens with one attached hydrogen (secondary N) is 1. The minimum Gasteiger partial charge on any atom is -0.324 e. The van der Waals surface area contributed by atoms with Gasteiger partial charge < -0.3 is 9.47 Å². The molecule has 0 bridgehead atoms. The van der Waals surface area contributed by atoms with Crippen molar-refractivity contribution in [2.45, 2.75) is 0 Å². The van der Waals surface area contributed by atoms with E-state index in [4.69, 9.17) is 0 Å². The highest BCUT2D eigenvalue weighted by molar-refractivity contribution is 5.94. The third kappa shape index (κ3) is 3.32. The number of rotatable bonds is 3. The summed E-state index contributed by atoms with van der Waals surface area (Å²) in [6, 6.07) is 11.6. The third-order valence-corrected chi connectivity index (χ3v) is 3.80. The molecule has 2 heterocycles. The Morgan fingerprint density at radius 1 is 1.00 bits per heavy atom. The van der Waals surface area contributed by atoms with Gasteiger partial charge in [0.1, 0.15) is 0 Å². The van der Waals surface area contributed by atoms with Crippen LogP contribution in [0.2, 0.25) is 0 Å². The lowest BCUT2D eigenvalue weighted by Gasteiger charge is -2.32. The molecule has 1 aromatic carbocycles. The first-order valence-corrected chi connectivity index (χ1v) is 7.20. The Morgan fingerprint density at radius 3 is 2.24 bits per heavy atom. The van der Waals surface area contributed by atoms with Crippen LogP contribution < -0.4 is 5.43 Å². The number of aromatic nitrogens is 1. The van der Waals surface area contributed by atoms with Crippen molar-refractivity contribution in [2.75, 3.05) is 33.2 Å². The predicted molar refractivity (Wildman–Crippen MR) is 82.3 cm³/mol. The number of benzene rings is 1. The van der Waals surface area contributed by atoms with Gasteiger partial charge in [-0.05, 0) is 43.4 Å². The smallest absolute Gasteiger partial charge is 0.265 e. The Kier molecular flexibility index (Phi) is 4.03. The zero-order valence-corrected chi connectivity index (χ0v) is 12.2. The molecule has 0 radical (unpaired) electrons. The van der Waals surface area contributed by atoms with Crippen LogP contribution >= 0.6 is 0 Å². The fourth-order valence-corrected chi connectivity index (χ4v) is 2.42. The van der Waals surface area contributed by atoms with Crippen LogP contribution in [0.3, 0.4) is 0 Å². The zero-order valence-electron chi connectivity index (χ0n) is 12.2. The fourth-order valence-electron chi connectivity index (χ4n) is 2.42. The molecule has 1 aromatic heterocycles. The lowest BCUT2D eigenvalue weighted by atomic mass is 10.2. The Bertz CT molecular complexity index is 583. The van der Waals surface area contributed by atoms with Crippen LogP contribution in [-0.2, 0) is 0 Å². The van der Waals surface area contributed by atoms with Crippen LogP contribution in [-0.4, -0.2) is 53.6 Å². The lowest BCUT2D eigenvalue weighted by Crippen LogP contribution is -2.52. The summed E-state index contributed by atoms with van der Waals surface area (Å²) in [6.07, 6.45) is 3.97. The maximum Gasteiger partial charge on any atom is 0.265 e. The molecule has 1 fully saturated rings. The van der Waals surface area contributed by atoms with Crippen molar-refractivity contribution in [3.05, 3.63) is 54.4 Å². The molecule has 0 aliphatic carbocycles. The number of likely N-dealkylation sites (N-methyl/N-ethyl adjacent to an activating group) is 1. The average Bonchev–Trinajstić information content (AvgIpc) is 3.04. The molecular weight excluding hydrogens is 264 g/mol. The summed E-state index contributed by atoms with van der Waals surface area (Å²) in [7, 11) is 2.10. The summed E-state index contributed by atoms with van der Waals surface area (Å²) in [5.41, 5.74) is 4.71. The van der Waals surface area contributed by atoms with E-state index in [0.717, 1.165) is 31.9 Å². The maximum atomic E-state index is 12.2. The molecule has 0 saturated carbocycles. The number of hydrogen-bond acceptors (Lipinski definition) is 3. The van der Waals surface area contributed by atoms with Crippen molar-refractivity contribution in [1.29, 1.82) is 0 Å². The second-order valence-corrected chi connectivity index (χ2v) is 5.37. The van der Waals surface area contributed by atoms with E-state index < -0.39 is 0 Å². The van der Waals surface area contributed by atoms with Crippen molar-refractivity contribution in [3.8, 4) is 5.69 Å². The van der Waals surface area contributed by atoms with Crippen LogP contribution in [0.25, 0.3) is 5.69 Å². The van der Waals surface area contributed by atoms with Crippen molar-refractivity contribution >= 4 is 5.91 Å². The summed E-state index contributed by atoms with van der Waals surface area (Å²) >= 11 is 0. The van der Waals surface area contributed by atoms with Gasteiger partial charge >= 0.3 is 0 Å².